The number of aromatic nitrogens is 4. The third kappa shape index (κ3) is 6.13. The van der Waals surface area contributed by atoms with E-state index >= 15 is 0 Å². The van der Waals surface area contributed by atoms with Crippen LogP contribution in [-0.2, 0) is 27.4 Å². The summed E-state index contributed by atoms with van der Waals surface area (Å²) in [6.07, 6.45) is 4.64. The maximum atomic E-state index is 12.7. The Kier molecular flexibility index (Phi) is 10.4. The number of rotatable bonds is 9. The summed E-state index contributed by atoms with van der Waals surface area (Å²) >= 11 is 0. The monoisotopic (exact) mass is 418 g/mol. The third-order valence-corrected chi connectivity index (χ3v) is 4.73. The Morgan fingerprint density at radius 2 is 1.89 bits per heavy atom. The molecule has 0 aliphatic carbocycles. The Bertz CT molecular complexity index is 886. The van der Waals surface area contributed by atoms with Gasteiger partial charge in [-0.1, -0.05) is 26.7 Å². The minimum atomic E-state index is -2.91. The fourth-order valence-electron chi connectivity index (χ4n) is 2.43. The predicted molar refractivity (Wildman–Crippen MR) is 108 cm³/mol. The van der Waals surface area contributed by atoms with E-state index < -0.39 is 25.7 Å². The summed E-state index contributed by atoms with van der Waals surface area (Å²) in [5.41, 5.74) is -0.330. The van der Waals surface area contributed by atoms with Gasteiger partial charge in [0.1, 0.15) is 6.23 Å². The fraction of sp³-hybridized carbons (Fsp3) is 0.706. The van der Waals surface area contributed by atoms with Crippen molar-refractivity contribution in [2.45, 2.75) is 59.2 Å². The quantitative estimate of drug-likeness (QED) is 0.489. The smallest absolute Gasteiger partial charge is 0.334 e. The molecule has 0 fully saturated rings. The zero-order valence-electron chi connectivity index (χ0n) is 17.2. The molecular formula is C17H31N4O6P. The van der Waals surface area contributed by atoms with Crippen LogP contribution in [0.2, 0.25) is 0 Å². The molecule has 0 bridgehead atoms. The molecule has 0 aliphatic rings. The SMILES string of the molecule is CCCC.COC(C)n1c(=O)c2c(ncn2CCCCO[PH](=O)O)n(C)c1=O. The zero-order valence-corrected chi connectivity index (χ0v) is 18.2. The molecule has 2 aromatic rings. The molecule has 2 atom stereocenters. The lowest BCUT2D eigenvalue weighted by Gasteiger charge is -2.14. The number of methoxy groups -OCH3 is 1. The van der Waals surface area contributed by atoms with Gasteiger partial charge in [-0.2, -0.15) is 0 Å². The number of imidazole rings is 1. The van der Waals surface area contributed by atoms with Gasteiger partial charge in [-0.15, -0.1) is 0 Å². The van der Waals surface area contributed by atoms with Gasteiger partial charge in [0.2, 0.25) is 0 Å². The van der Waals surface area contributed by atoms with Gasteiger partial charge >= 0.3 is 13.9 Å². The van der Waals surface area contributed by atoms with E-state index in [0.717, 1.165) is 4.57 Å². The Balaban J connectivity index is 0.000000892. The average Bonchev–Trinajstić information content (AvgIpc) is 3.10. The second-order valence-electron chi connectivity index (χ2n) is 6.28. The molecule has 11 heteroatoms. The minimum absolute atomic E-state index is 0.171. The van der Waals surface area contributed by atoms with Crippen LogP contribution in [0.3, 0.4) is 0 Å². The van der Waals surface area contributed by atoms with Crippen LogP contribution < -0.4 is 11.2 Å². The number of unbranched alkanes of at least 4 members (excludes halogenated alkanes) is 2. The lowest BCUT2D eigenvalue weighted by molar-refractivity contribution is 0.0533. The predicted octanol–water partition coefficient (Wildman–Crippen LogP) is 2.05. The Morgan fingerprint density at radius 3 is 2.43 bits per heavy atom. The first kappa shape index (κ1) is 24.3. The molecule has 0 saturated carbocycles. The lowest BCUT2D eigenvalue weighted by Crippen LogP contribution is -2.41. The van der Waals surface area contributed by atoms with Crippen LogP contribution >= 0.6 is 8.25 Å². The summed E-state index contributed by atoms with van der Waals surface area (Å²) < 4.78 is 24.2. The molecule has 0 amide bonds. The highest BCUT2D eigenvalue weighted by atomic mass is 31.1. The number of aryl methyl sites for hydroxylation is 2. The molecule has 0 saturated heterocycles. The molecule has 0 aromatic carbocycles. The lowest BCUT2D eigenvalue weighted by atomic mass is 10.3. The molecule has 0 aliphatic heterocycles. The fourth-order valence-corrected chi connectivity index (χ4v) is 2.75. The van der Waals surface area contributed by atoms with Gasteiger partial charge in [-0.05, 0) is 19.8 Å². The molecule has 10 nitrogen and oxygen atoms in total. The van der Waals surface area contributed by atoms with Crippen molar-refractivity contribution in [1.29, 1.82) is 0 Å². The van der Waals surface area contributed by atoms with Crippen LogP contribution in [0.15, 0.2) is 15.9 Å². The summed E-state index contributed by atoms with van der Waals surface area (Å²) in [6, 6.07) is 0. The van der Waals surface area contributed by atoms with Crippen molar-refractivity contribution in [1.82, 2.24) is 18.7 Å². The molecule has 2 rings (SSSR count). The van der Waals surface area contributed by atoms with Gasteiger partial charge in [0.25, 0.3) is 5.56 Å². The second-order valence-corrected chi connectivity index (χ2v) is 7.10. The van der Waals surface area contributed by atoms with E-state index in [1.165, 1.54) is 30.8 Å². The standard InChI is InChI=1S/C13H21N4O6P.C4H10/c1-9(22-3)17-12(18)10-11(15(2)13(17)19)14-8-16(10)6-4-5-7-23-24(20)21;1-3-4-2/h8-9,24H,4-7H2,1-3H3,(H,20,21);3-4H2,1-2H3. The molecule has 160 valence electrons. The second kappa shape index (κ2) is 12.0. The van der Waals surface area contributed by atoms with Crippen molar-refractivity contribution in [2.24, 2.45) is 7.05 Å². The maximum Gasteiger partial charge on any atom is 0.334 e. The van der Waals surface area contributed by atoms with Gasteiger partial charge in [0.05, 0.1) is 12.9 Å². The summed E-state index contributed by atoms with van der Waals surface area (Å²) in [5.74, 6) is 0. The topological polar surface area (TPSA) is 118 Å². The van der Waals surface area contributed by atoms with E-state index in [1.807, 2.05) is 0 Å². The van der Waals surface area contributed by atoms with E-state index in [1.54, 1.807) is 18.5 Å². The van der Waals surface area contributed by atoms with Crippen molar-refractivity contribution < 1.29 is 18.7 Å². The number of ether oxygens (including phenoxy) is 1. The average molecular weight is 418 g/mol. The van der Waals surface area contributed by atoms with E-state index in [4.69, 9.17) is 9.63 Å². The molecular weight excluding hydrogens is 387 g/mol. The van der Waals surface area contributed by atoms with Crippen LogP contribution in [0.5, 0.6) is 0 Å². The van der Waals surface area contributed by atoms with E-state index in [9.17, 15) is 14.2 Å². The molecule has 0 radical (unpaired) electrons. The summed E-state index contributed by atoms with van der Waals surface area (Å²) in [6.45, 7) is 6.62. The summed E-state index contributed by atoms with van der Waals surface area (Å²) in [5, 5.41) is 0. The summed E-state index contributed by atoms with van der Waals surface area (Å²) in [4.78, 5) is 37.7. The first-order chi connectivity index (χ1) is 13.3. The van der Waals surface area contributed by atoms with Crippen molar-refractivity contribution in [3.05, 3.63) is 27.2 Å². The number of fused-ring (bicyclic) bond motifs is 1. The molecule has 0 spiro atoms. The van der Waals surface area contributed by atoms with Crippen molar-refractivity contribution >= 4 is 19.4 Å². The maximum absolute atomic E-state index is 12.7. The molecule has 2 unspecified atom stereocenters. The molecule has 28 heavy (non-hydrogen) atoms. The van der Waals surface area contributed by atoms with Crippen LogP contribution in [0.1, 0.15) is 52.7 Å². The Labute approximate surface area is 164 Å². The molecule has 2 aromatic heterocycles. The van der Waals surface area contributed by atoms with Crippen molar-refractivity contribution in [2.75, 3.05) is 13.7 Å². The Hall–Kier alpha value is -1.74. The van der Waals surface area contributed by atoms with Crippen molar-refractivity contribution in [3.63, 3.8) is 0 Å². The van der Waals surface area contributed by atoms with Crippen LogP contribution in [-0.4, -0.2) is 37.3 Å². The highest BCUT2D eigenvalue weighted by molar-refractivity contribution is 7.32. The van der Waals surface area contributed by atoms with Gasteiger partial charge in [0.15, 0.2) is 11.2 Å². The molecule has 1 N–H and O–H groups in total. The van der Waals surface area contributed by atoms with E-state index in [-0.39, 0.29) is 6.61 Å². The van der Waals surface area contributed by atoms with Gasteiger partial charge in [-0.25, -0.2) is 14.3 Å². The third-order valence-electron chi connectivity index (χ3n) is 4.27. The van der Waals surface area contributed by atoms with Crippen molar-refractivity contribution in [3.8, 4) is 0 Å². The first-order valence-electron chi connectivity index (χ1n) is 9.34. The highest BCUT2D eigenvalue weighted by Gasteiger charge is 2.19. The summed E-state index contributed by atoms with van der Waals surface area (Å²) in [7, 11) is 0.0585. The number of hydrogen-bond acceptors (Lipinski definition) is 6. The van der Waals surface area contributed by atoms with E-state index in [2.05, 4.69) is 23.4 Å². The van der Waals surface area contributed by atoms with Gasteiger partial charge in [0, 0.05) is 20.7 Å². The van der Waals surface area contributed by atoms with E-state index in [0.29, 0.717) is 30.6 Å². The molecule has 2 heterocycles. The number of nitrogens with zero attached hydrogens (tertiary/aromatic N) is 4. The zero-order chi connectivity index (χ0) is 21.3. The largest absolute Gasteiger partial charge is 0.361 e. The van der Waals surface area contributed by atoms with Crippen LogP contribution in [0.4, 0.5) is 0 Å². The van der Waals surface area contributed by atoms with Crippen LogP contribution in [0.25, 0.3) is 11.2 Å². The highest BCUT2D eigenvalue weighted by Crippen LogP contribution is 2.15. The minimum Gasteiger partial charge on any atom is -0.361 e. The van der Waals surface area contributed by atoms with Gasteiger partial charge < -0.3 is 18.7 Å². The normalized spacial score (nSPS) is 13.2. The van der Waals surface area contributed by atoms with Crippen LogP contribution in [0, 0.1) is 0 Å². The van der Waals surface area contributed by atoms with Gasteiger partial charge in [-0.3, -0.25) is 13.9 Å². The number of hydrogen-bond donors (Lipinski definition) is 1. The Morgan fingerprint density at radius 1 is 1.25 bits per heavy atom. The first-order valence-corrected chi connectivity index (χ1v) is 10.6.